The Labute approximate surface area is 215 Å². The van der Waals surface area contributed by atoms with E-state index in [4.69, 9.17) is 15.9 Å². The first-order chi connectivity index (χ1) is 17.4. The predicted molar refractivity (Wildman–Crippen MR) is 132 cm³/mol. The number of amides is 3. The normalized spacial score (nSPS) is 14.1. The number of carboxylic acid groups (broad SMARTS) is 3. The van der Waals surface area contributed by atoms with Crippen molar-refractivity contribution in [3.05, 3.63) is 36.0 Å². The van der Waals surface area contributed by atoms with E-state index in [0.717, 1.165) is 10.9 Å². The molecule has 2 rings (SSSR count). The van der Waals surface area contributed by atoms with Gasteiger partial charge in [0.05, 0.1) is 18.9 Å². The summed E-state index contributed by atoms with van der Waals surface area (Å²) in [5.41, 5.74) is 7.52. The van der Waals surface area contributed by atoms with Crippen LogP contribution in [0, 0.1) is 0 Å². The van der Waals surface area contributed by atoms with E-state index in [0.29, 0.717) is 5.56 Å². The van der Waals surface area contributed by atoms with E-state index in [1.807, 2.05) is 23.5 Å². The minimum atomic E-state index is -1.76. The van der Waals surface area contributed by atoms with Gasteiger partial charge in [0.1, 0.15) is 18.1 Å². The van der Waals surface area contributed by atoms with Crippen molar-refractivity contribution in [1.29, 1.82) is 0 Å². The smallest absolute Gasteiger partial charge is 0.327 e. The average molecular weight is 538 g/mol. The highest BCUT2D eigenvalue weighted by Crippen LogP contribution is 2.18. The highest BCUT2D eigenvalue weighted by Gasteiger charge is 2.32. The largest absolute Gasteiger partial charge is 0.481 e. The molecule has 3 amide bonds. The number of aromatic nitrogens is 1. The van der Waals surface area contributed by atoms with E-state index in [-0.39, 0.29) is 12.2 Å². The van der Waals surface area contributed by atoms with Gasteiger partial charge in [-0.15, -0.1) is 0 Å². The lowest BCUT2D eigenvalue weighted by Crippen LogP contribution is -2.58. The number of aliphatic carboxylic acids is 3. The average Bonchev–Trinajstić information content (AvgIpc) is 3.23. The lowest BCUT2D eigenvalue weighted by atomic mass is 10.0. The van der Waals surface area contributed by atoms with Gasteiger partial charge in [-0.2, -0.15) is 12.6 Å². The Morgan fingerprint density at radius 1 is 0.838 bits per heavy atom. The number of aromatic amines is 1. The third kappa shape index (κ3) is 8.50. The molecule has 14 nitrogen and oxygen atoms in total. The first kappa shape index (κ1) is 29.1. The van der Waals surface area contributed by atoms with Gasteiger partial charge in [-0.3, -0.25) is 24.0 Å². The second-order valence-electron chi connectivity index (χ2n) is 8.07. The molecule has 0 aliphatic rings. The van der Waals surface area contributed by atoms with Crippen LogP contribution in [0.25, 0.3) is 10.9 Å². The third-order valence-electron chi connectivity index (χ3n) is 5.27. The summed E-state index contributed by atoms with van der Waals surface area (Å²) in [5.74, 6) is -7.90. The zero-order valence-corrected chi connectivity index (χ0v) is 20.2. The number of carboxylic acids is 3. The van der Waals surface area contributed by atoms with Gasteiger partial charge < -0.3 is 42.0 Å². The van der Waals surface area contributed by atoms with Gasteiger partial charge in [-0.05, 0) is 18.1 Å². The summed E-state index contributed by atoms with van der Waals surface area (Å²) in [6.07, 6.45) is -0.108. The number of carbonyl (C=O) groups is 6. The summed E-state index contributed by atoms with van der Waals surface area (Å²) < 4.78 is 0. The van der Waals surface area contributed by atoms with Gasteiger partial charge in [0.2, 0.25) is 17.7 Å². The van der Waals surface area contributed by atoms with E-state index in [1.54, 1.807) is 12.3 Å². The van der Waals surface area contributed by atoms with Crippen LogP contribution in [0.4, 0.5) is 0 Å². The number of thiol groups is 1. The maximum absolute atomic E-state index is 12.8. The molecule has 4 unspecified atom stereocenters. The number of carbonyl (C=O) groups excluding carboxylic acids is 3. The van der Waals surface area contributed by atoms with Crippen LogP contribution in [0.3, 0.4) is 0 Å². The van der Waals surface area contributed by atoms with Crippen molar-refractivity contribution in [3.8, 4) is 0 Å². The van der Waals surface area contributed by atoms with Crippen LogP contribution in [0.2, 0.25) is 0 Å². The molecule has 0 fully saturated rings. The van der Waals surface area contributed by atoms with E-state index < -0.39 is 72.6 Å². The fourth-order valence-electron chi connectivity index (χ4n) is 3.41. The molecule has 2 aromatic rings. The van der Waals surface area contributed by atoms with E-state index >= 15 is 0 Å². The van der Waals surface area contributed by atoms with Crippen LogP contribution in [0.5, 0.6) is 0 Å². The minimum Gasteiger partial charge on any atom is -0.481 e. The highest BCUT2D eigenvalue weighted by molar-refractivity contribution is 7.80. The van der Waals surface area contributed by atoms with Crippen LogP contribution >= 0.6 is 12.6 Å². The third-order valence-corrected chi connectivity index (χ3v) is 5.64. The number of benzene rings is 1. The van der Waals surface area contributed by atoms with E-state index in [1.165, 1.54) is 0 Å². The quantitative estimate of drug-likeness (QED) is 0.126. The number of hydrogen-bond acceptors (Lipinski definition) is 8. The molecule has 4 atom stereocenters. The number of nitrogens with two attached hydrogens (primary N) is 1. The first-order valence-electron chi connectivity index (χ1n) is 10.9. The van der Waals surface area contributed by atoms with Gasteiger partial charge in [0.15, 0.2) is 0 Å². The molecule has 0 aliphatic heterocycles. The number of para-hydroxylation sites is 1. The number of fused-ring (bicyclic) bond motifs is 1. The Hall–Kier alpha value is -4.11. The summed E-state index contributed by atoms with van der Waals surface area (Å²) in [6.45, 7) is 0. The Balaban J connectivity index is 2.13. The molecule has 0 radical (unpaired) electrons. The Morgan fingerprint density at radius 3 is 1.86 bits per heavy atom. The topological polar surface area (TPSA) is 241 Å². The molecule has 1 heterocycles. The monoisotopic (exact) mass is 537 g/mol. The Morgan fingerprint density at radius 2 is 1.35 bits per heavy atom. The number of rotatable bonds is 14. The zero-order chi connectivity index (χ0) is 27.7. The Bertz CT molecular complexity index is 1180. The van der Waals surface area contributed by atoms with Crippen molar-refractivity contribution in [3.63, 3.8) is 0 Å². The second kappa shape index (κ2) is 13.3. The first-order valence-corrected chi connectivity index (χ1v) is 11.5. The van der Waals surface area contributed by atoms with Crippen molar-refractivity contribution in [2.75, 3.05) is 5.75 Å². The van der Waals surface area contributed by atoms with Crippen molar-refractivity contribution in [1.82, 2.24) is 20.9 Å². The fraction of sp³-hybridized carbons (Fsp3) is 0.364. The van der Waals surface area contributed by atoms with Crippen LogP contribution in [-0.4, -0.2) is 85.9 Å². The number of nitrogens with one attached hydrogen (secondary N) is 4. The van der Waals surface area contributed by atoms with Crippen molar-refractivity contribution in [2.24, 2.45) is 5.73 Å². The molecule has 1 aromatic heterocycles. The zero-order valence-electron chi connectivity index (χ0n) is 19.3. The van der Waals surface area contributed by atoms with E-state index in [9.17, 15) is 33.9 Å². The molecular formula is C22H27N5O9S. The lowest BCUT2D eigenvalue weighted by Gasteiger charge is -2.23. The molecule has 0 saturated heterocycles. The molecule has 37 heavy (non-hydrogen) atoms. The van der Waals surface area contributed by atoms with Crippen molar-refractivity contribution < 1.29 is 44.1 Å². The minimum absolute atomic E-state index is 0.0571. The molecule has 0 bridgehead atoms. The molecule has 1 aromatic carbocycles. The van der Waals surface area contributed by atoms with Gasteiger partial charge in [0.25, 0.3) is 0 Å². The number of hydrogen-bond donors (Lipinski definition) is 9. The van der Waals surface area contributed by atoms with Crippen LogP contribution in [-0.2, 0) is 35.2 Å². The van der Waals surface area contributed by atoms with Crippen molar-refractivity contribution in [2.45, 2.75) is 43.4 Å². The van der Waals surface area contributed by atoms with Gasteiger partial charge in [-0.25, -0.2) is 4.79 Å². The molecule has 15 heteroatoms. The van der Waals surface area contributed by atoms with Crippen LogP contribution < -0.4 is 21.7 Å². The van der Waals surface area contributed by atoms with E-state index in [2.05, 4.69) is 28.2 Å². The Kier molecular flexibility index (Phi) is 10.4. The highest BCUT2D eigenvalue weighted by atomic mass is 32.1. The lowest BCUT2D eigenvalue weighted by molar-refractivity contribution is -0.144. The molecule has 9 N–H and O–H groups in total. The van der Waals surface area contributed by atoms with Gasteiger partial charge >= 0.3 is 17.9 Å². The number of H-pyrrole nitrogens is 1. The molecule has 0 saturated carbocycles. The summed E-state index contributed by atoms with van der Waals surface area (Å²) in [7, 11) is 0. The summed E-state index contributed by atoms with van der Waals surface area (Å²) >= 11 is 3.79. The van der Waals surface area contributed by atoms with Crippen LogP contribution in [0.1, 0.15) is 18.4 Å². The van der Waals surface area contributed by atoms with Crippen LogP contribution in [0.15, 0.2) is 30.5 Å². The second-order valence-corrected chi connectivity index (χ2v) is 8.44. The molecule has 200 valence electrons. The molecule has 0 aliphatic carbocycles. The van der Waals surface area contributed by atoms with Crippen molar-refractivity contribution >= 4 is 59.2 Å². The maximum atomic E-state index is 12.8. The van der Waals surface area contributed by atoms with Gasteiger partial charge in [-0.1, -0.05) is 18.2 Å². The SMILES string of the molecule is NC(Cc1c[nH]c2ccccc12)C(=O)NC(CC(=O)O)C(=O)NC(CC(=O)O)C(=O)NC(CS)C(=O)O. The standard InChI is InChI=1S/C22H27N5O9S/c23-12(5-10-8-24-13-4-2-1-3-11(10)13)19(32)25-14(6-17(28)29)20(33)26-15(7-18(30)31)21(34)27-16(9-37)22(35)36/h1-4,8,12,14-16,24,37H,5-7,9,23H2,(H,25,32)(H,26,33)(H,27,34)(H,28,29)(H,30,31)(H,35,36). The maximum Gasteiger partial charge on any atom is 0.327 e. The molecular weight excluding hydrogens is 510 g/mol. The summed E-state index contributed by atoms with van der Waals surface area (Å²) in [6, 6.07) is 1.16. The molecule has 0 spiro atoms. The summed E-state index contributed by atoms with van der Waals surface area (Å²) in [5, 5.41) is 34.5. The summed E-state index contributed by atoms with van der Waals surface area (Å²) in [4.78, 5) is 74.6. The predicted octanol–water partition coefficient (Wildman–Crippen LogP) is -1.54. The fourth-order valence-corrected chi connectivity index (χ4v) is 3.65. The van der Waals surface area contributed by atoms with Gasteiger partial charge in [0, 0.05) is 22.9 Å².